The maximum atomic E-state index is 12.1. The van der Waals surface area contributed by atoms with Crippen molar-refractivity contribution in [1.82, 2.24) is 15.2 Å². The standard InChI is InChI=1S/C15H14N4O2S2/c1-10(13(20)17-14-16-7-8-22-14)23-15-19-18-12(21-15)9-11-5-3-2-4-6-11/h2-8,10H,9H2,1H3,(H,16,17,20). The van der Waals surface area contributed by atoms with Crippen molar-refractivity contribution < 1.29 is 9.21 Å². The molecule has 23 heavy (non-hydrogen) atoms. The van der Waals surface area contributed by atoms with E-state index in [1.54, 1.807) is 18.5 Å². The van der Waals surface area contributed by atoms with Crippen LogP contribution in [0.2, 0.25) is 0 Å². The number of aromatic nitrogens is 3. The molecule has 8 heteroatoms. The molecule has 2 aromatic heterocycles. The van der Waals surface area contributed by atoms with Crippen LogP contribution in [0.4, 0.5) is 5.13 Å². The zero-order valence-corrected chi connectivity index (χ0v) is 13.9. The van der Waals surface area contributed by atoms with E-state index in [0.717, 1.165) is 5.56 Å². The first-order valence-electron chi connectivity index (χ1n) is 6.94. The second kappa shape index (κ2) is 7.38. The van der Waals surface area contributed by atoms with Crippen LogP contribution in [0.15, 0.2) is 51.5 Å². The molecule has 0 saturated heterocycles. The summed E-state index contributed by atoms with van der Waals surface area (Å²) in [4.78, 5) is 16.1. The van der Waals surface area contributed by atoms with Gasteiger partial charge in [0.25, 0.3) is 5.22 Å². The highest BCUT2D eigenvalue weighted by atomic mass is 32.2. The first-order valence-corrected chi connectivity index (χ1v) is 8.70. The number of carbonyl (C=O) groups is 1. The molecule has 1 atom stereocenters. The van der Waals surface area contributed by atoms with Gasteiger partial charge in [0.05, 0.1) is 11.7 Å². The highest BCUT2D eigenvalue weighted by Gasteiger charge is 2.19. The largest absolute Gasteiger partial charge is 0.416 e. The molecule has 0 spiro atoms. The summed E-state index contributed by atoms with van der Waals surface area (Å²) >= 11 is 2.61. The summed E-state index contributed by atoms with van der Waals surface area (Å²) < 4.78 is 5.59. The normalized spacial score (nSPS) is 12.0. The average molecular weight is 346 g/mol. The maximum Gasteiger partial charge on any atom is 0.277 e. The van der Waals surface area contributed by atoms with E-state index in [0.29, 0.717) is 22.7 Å². The zero-order chi connectivity index (χ0) is 16.1. The van der Waals surface area contributed by atoms with E-state index in [-0.39, 0.29) is 11.2 Å². The van der Waals surface area contributed by atoms with Gasteiger partial charge in [-0.15, -0.1) is 21.5 Å². The van der Waals surface area contributed by atoms with Crippen LogP contribution < -0.4 is 5.32 Å². The average Bonchev–Trinajstić information content (AvgIpc) is 3.20. The summed E-state index contributed by atoms with van der Waals surface area (Å²) in [5, 5.41) is 13.2. The van der Waals surface area contributed by atoms with Gasteiger partial charge < -0.3 is 9.73 Å². The van der Waals surface area contributed by atoms with Gasteiger partial charge in [-0.25, -0.2) is 4.98 Å². The van der Waals surface area contributed by atoms with Crippen molar-refractivity contribution in [3.63, 3.8) is 0 Å². The number of thiazole rings is 1. The molecule has 1 amide bonds. The predicted molar refractivity (Wildman–Crippen MR) is 89.6 cm³/mol. The van der Waals surface area contributed by atoms with Crippen LogP contribution in [-0.4, -0.2) is 26.3 Å². The number of hydrogen-bond acceptors (Lipinski definition) is 7. The Morgan fingerprint density at radius 2 is 2.17 bits per heavy atom. The molecule has 3 rings (SSSR count). The van der Waals surface area contributed by atoms with Gasteiger partial charge in [-0.2, -0.15) is 0 Å². The fourth-order valence-corrected chi connectivity index (χ4v) is 3.06. The molecule has 1 N–H and O–H groups in total. The van der Waals surface area contributed by atoms with E-state index in [2.05, 4.69) is 20.5 Å². The van der Waals surface area contributed by atoms with Crippen LogP contribution in [0.3, 0.4) is 0 Å². The van der Waals surface area contributed by atoms with E-state index in [1.165, 1.54) is 23.1 Å². The third-order valence-corrected chi connectivity index (χ3v) is 4.58. The summed E-state index contributed by atoms with van der Waals surface area (Å²) in [6.45, 7) is 1.79. The molecule has 0 aliphatic heterocycles. The minimum absolute atomic E-state index is 0.146. The number of anilines is 1. The lowest BCUT2D eigenvalue weighted by atomic mass is 10.2. The van der Waals surface area contributed by atoms with Gasteiger partial charge in [-0.1, -0.05) is 42.1 Å². The molecular weight excluding hydrogens is 332 g/mol. The summed E-state index contributed by atoms with van der Waals surface area (Å²) in [5.74, 6) is 0.388. The minimum atomic E-state index is -0.357. The zero-order valence-electron chi connectivity index (χ0n) is 12.3. The Hall–Kier alpha value is -2.19. The summed E-state index contributed by atoms with van der Waals surface area (Å²) in [5.41, 5.74) is 1.10. The molecule has 0 saturated carbocycles. The molecule has 0 radical (unpaired) electrons. The molecule has 0 bridgehead atoms. The van der Waals surface area contributed by atoms with Crippen LogP contribution in [0.5, 0.6) is 0 Å². The van der Waals surface area contributed by atoms with Crippen LogP contribution in [-0.2, 0) is 11.2 Å². The van der Waals surface area contributed by atoms with Crippen molar-refractivity contribution in [2.24, 2.45) is 0 Å². The Morgan fingerprint density at radius 3 is 2.91 bits per heavy atom. The lowest BCUT2D eigenvalue weighted by Crippen LogP contribution is -2.22. The van der Waals surface area contributed by atoms with Crippen molar-refractivity contribution in [2.45, 2.75) is 23.8 Å². The van der Waals surface area contributed by atoms with E-state index in [9.17, 15) is 4.79 Å². The van der Waals surface area contributed by atoms with Gasteiger partial charge in [0.2, 0.25) is 11.8 Å². The number of hydrogen-bond donors (Lipinski definition) is 1. The number of rotatable bonds is 6. The third kappa shape index (κ3) is 4.40. The Labute approximate surface area is 141 Å². The van der Waals surface area contributed by atoms with Gasteiger partial charge in [0, 0.05) is 11.6 Å². The smallest absolute Gasteiger partial charge is 0.277 e. The van der Waals surface area contributed by atoms with Crippen molar-refractivity contribution in [1.29, 1.82) is 0 Å². The lowest BCUT2D eigenvalue weighted by molar-refractivity contribution is -0.115. The van der Waals surface area contributed by atoms with Gasteiger partial charge >= 0.3 is 0 Å². The number of nitrogens with one attached hydrogen (secondary N) is 1. The maximum absolute atomic E-state index is 12.1. The second-order valence-electron chi connectivity index (χ2n) is 4.71. The minimum Gasteiger partial charge on any atom is -0.416 e. The van der Waals surface area contributed by atoms with E-state index in [4.69, 9.17) is 4.42 Å². The number of carbonyl (C=O) groups excluding carboxylic acids is 1. The van der Waals surface area contributed by atoms with Gasteiger partial charge in [-0.3, -0.25) is 4.79 Å². The number of thioether (sulfide) groups is 1. The second-order valence-corrected chi connectivity index (χ2v) is 6.90. The summed E-state index contributed by atoms with van der Waals surface area (Å²) in [7, 11) is 0. The molecule has 0 aliphatic rings. The van der Waals surface area contributed by atoms with Gasteiger partial charge in [0.15, 0.2) is 5.13 Å². The molecule has 3 aromatic rings. The number of amides is 1. The first kappa shape index (κ1) is 15.7. The monoisotopic (exact) mass is 346 g/mol. The van der Waals surface area contributed by atoms with Crippen LogP contribution in [0.25, 0.3) is 0 Å². The van der Waals surface area contributed by atoms with E-state index < -0.39 is 0 Å². The Morgan fingerprint density at radius 1 is 1.35 bits per heavy atom. The highest BCUT2D eigenvalue weighted by molar-refractivity contribution is 8.00. The number of nitrogens with zero attached hydrogens (tertiary/aromatic N) is 3. The lowest BCUT2D eigenvalue weighted by Gasteiger charge is -2.07. The van der Waals surface area contributed by atoms with Crippen LogP contribution >= 0.6 is 23.1 Å². The van der Waals surface area contributed by atoms with Crippen LogP contribution in [0, 0.1) is 0 Å². The number of benzene rings is 1. The van der Waals surface area contributed by atoms with E-state index in [1.807, 2.05) is 30.3 Å². The van der Waals surface area contributed by atoms with Crippen LogP contribution in [0.1, 0.15) is 18.4 Å². The van der Waals surface area contributed by atoms with Crippen molar-refractivity contribution in [3.8, 4) is 0 Å². The van der Waals surface area contributed by atoms with Crippen molar-refractivity contribution in [2.75, 3.05) is 5.32 Å². The summed E-state index contributed by atoms with van der Waals surface area (Å²) in [6.07, 6.45) is 2.22. The third-order valence-electron chi connectivity index (χ3n) is 2.96. The SMILES string of the molecule is CC(Sc1nnc(Cc2ccccc2)o1)C(=O)Nc1nccs1. The molecule has 2 heterocycles. The van der Waals surface area contributed by atoms with Crippen molar-refractivity contribution in [3.05, 3.63) is 53.4 Å². The topological polar surface area (TPSA) is 80.9 Å². The molecule has 6 nitrogen and oxygen atoms in total. The molecule has 0 aliphatic carbocycles. The Kier molecular flexibility index (Phi) is 5.04. The molecule has 0 fully saturated rings. The van der Waals surface area contributed by atoms with Gasteiger partial charge in [-0.05, 0) is 12.5 Å². The molecule has 1 aromatic carbocycles. The highest BCUT2D eigenvalue weighted by Crippen LogP contribution is 2.24. The molecular formula is C15H14N4O2S2. The van der Waals surface area contributed by atoms with E-state index >= 15 is 0 Å². The summed E-state index contributed by atoms with van der Waals surface area (Å²) in [6, 6.07) is 9.89. The molecule has 1 unspecified atom stereocenters. The molecule has 118 valence electrons. The fourth-order valence-electron chi connectivity index (χ4n) is 1.82. The Balaban J connectivity index is 1.56. The quantitative estimate of drug-likeness (QED) is 0.690. The van der Waals surface area contributed by atoms with Gasteiger partial charge in [0.1, 0.15) is 0 Å². The predicted octanol–water partition coefficient (Wildman–Crippen LogP) is 3.24. The van der Waals surface area contributed by atoms with Crippen molar-refractivity contribution >= 4 is 34.1 Å². The first-order chi connectivity index (χ1) is 11.2. The fraction of sp³-hybridized carbons (Fsp3) is 0.200. The Bertz CT molecular complexity index is 759.